The van der Waals surface area contributed by atoms with Crippen LogP contribution in [0.25, 0.3) is 10.6 Å². The monoisotopic (exact) mass is 474 g/mol. The molecule has 1 aliphatic rings. The van der Waals surface area contributed by atoms with Crippen molar-refractivity contribution in [2.45, 2.75) is 6.42 Å². The number of thiazole rings is 1. The Morgan fingerprint density at radius 3 is 2.70 bits per heavy atom. The maximum Gasteiger partial charge on any atom is 0.277 e. The first kappa shape index (κ1) is 22.5. The molecule has 1 amide bonds. The smallest absolute Gasteiger partial charge is 0.277 e. The molecule has 4 rings (SSSR count). The molecule has 12 heteroatoms. The summed E-state index contributed by atoms with van der Waals surface area (Å²) in [6.45, 7) is 3.12. The molecule has 0 atom stereocenters. The number of aromatic nitrogens is 3. The summed E-state index contributed by atoms with van der Waals surface area (Å²) in [6.07, 6.45) is 5.83. The lowest BCUT2D eigenvalue weighted by atomic mass is 10.2. The van der Waals surface area contributed by atoms with E-state index < -0.39 is 17.5 Å². The Bertz CT molecular complexity index is 1170. The average Bonchev–Trinajstić information content (AvgIpc) is 3.23. The summed E-state index contributed by atoms with van der Waals surface area (Å²) in [7, 11) is 1.80. The van der Waals surface area contributed by atoms with Crippen molar-refractivity contribution in [2.75, 3.05) is 42.1 Å². The van der Waals surface area contributed by atoms with Gasteiger partial charge in [0.1, 0.15) is 27.3 Å². The molecular weight excluding hydrogens is 450 g/mol. The summed E-state index contributed by atoms with van der Waals surface area (Å²) >= 11 is 0.852. The number of carbonyl (C=O) groups excluding carboxylic acids is 1. The number of benzene rings is 1. The second-order valence-corrected chi connectivity index (χ2v) is 8.54. The summed E-state index contributed by atoms with van der Waals surface area (Å²) in [4.78, 5) is 21.4. The molecule has 9 nitrogen and oxygen atoms in total. The van der Waals surface area contributed by atoms with Gasteiger partial charge in [-0.2, -0.15) is 5.10 Å². The number of carbonyl (C=O) groups is 1. The van der Waals surface area contributed by atoms with Gasteiger partial charge >= 0.3 is 0 Å². The highest BCUT2D eigenvalue weighted by Crippen LogP contribution is 2.34. The van der Waals surface area contributed by atoms with Crippen LogP contribution in [0, 0.1) is 11.6 Å². The van der Waals surface area contributed by atoms with Crippen molar-refractivity contribution in [3.8, 4) is 10.6 Å². The molecule has 1 saturated heterocycles. The van der Waals surface area contributed by atoms with Gasteiger partial charge in [-0.15, -0.1) is 0 Å². The molecule has 3 heterocycles. The third-order valence-corrected chi connectivity index (χ3v) is 6.23. The van der Waals surface area contributed by atoms with Gasteiger partial charge in [0.25, 0.3) is 5.91 Å². The van der Waals surface area contributed by atoms with Gasteiger partial charge in [-0.3, -0.25) is 9.48 Å². The molecule has 0 spiro atoms. The number of nitrogens with two attached hydrogens (primary N) is 2. The zero-order valence-electron chi connectivity index (χ0n) is 18.0. The van der Waals surface area contributed by atoms with E-state index in [9.17, 15) is 13.6 Å². The fraction of sp³-hybridized carbons (Fsp3) is 0.286. The second-order valence-electron chi connectivity index (χ2n) is 7.51. The van der Waals surface area contributed by atoms with Gasteiger partial charge in [0.2, 0.25) is 0 Å². The van der Waals surface area contributed by atoms with E-state index in [4.69, 9.17) is 11.5 Å². The van der Waals surface area contributed by atoms with E-state index in [-0.39, 0.29) is 21.3 Å². The van der Waals surface area contributed by atoms with E-state index in [2.05, 4.69) is 25.2 Å². The highest BCUT2D eigenvalue weighted by molar-refractivity contribution is 7.19. The van der Waals surface area contributed by atoms with Gasteiger partial charge in [0, 0.05) is 45.6 Å². The van der Waals surface area contributed by atoms with Crippen molar-refractivity contribution in [3.05, 3.63) is 54.1 Å². The van der Waals surface area contributed by atoms with E-state index in [0.29, 0.717) is 12.2 Å². The number of hydrogen-bond donors (Lipinski definition) is 3. The Hall–Kier alpha value is -3.67. The minimum absolute atomic E-state index is 0.000211. The van der Waals surface area contributed by atoms with Crippen LogP contribution in [0.5, 0.6) is 0 Å². The quantitative estimate of drug-likeness (QED) is 0.520. The topological polar surface area (TPSA) is 118 Å². The number of halogens is 2. The van der Waals surface area contributed by atoms with E-state index in [0.717, 1.165) is 55.3 Å². The summed E-state index contributed by atoms with van der Waals surface area (Å²) < 4.78 is 30.0. The van der Waals surface area contributed by atoms with Gasteiger partial charge in [-0.05, 0) is 18.6 Å². The summed E-state index contributed by atoms with van der Waals surface area (Å²) in [5.41, 5.74) is 11.6. The van der Waals surface area contributed by atoms with Crippen LogP contribution < -0.4 is 21.7 Å². The highest BCUT2D eigenvalue weighted by Gasteiger charge is 2.25. The Balaban J connectivity index is 1.57. The van der Waals surface area contributed by atoms with Crippen LogP contribution in [0.4, 0.5) is 25.3 Å². The molecule has 3 aromatic rings. The Morgan fingerprint density at radius 2 is 1.97 bits per heavy atom. The molecule has 0 radical (unpaired) electrons. The van der Waals surface area contributed by atoms with Crippen molar-refractivity contribution in [3.63, 3.8) is 0 Å². The van der Waals surface area contributed by atoms with E-state index in [1.54, 1.807) is 17.9 Å². The van der Waals surface area contributed by atoms with Crippen LogP contribution in [-0.2, 0) is 7.05 Å². The molecule has 0 bridgehead atoms. The largest absolute Gasteiger partial charge is 0.403 e. The normalized spacial score (nSPS) is 14.6. The summed E-state index contributed by atoms with van der Waals surface area (Å²) in [5.74, 6) is -1.38. The molecule has 5 N–H and O–H groups in total. The number of rotatable bonds is 5. The zero-order chi connectivity index (χ0) is 23.5. The predicted octanol–water partition coefficient (Wildman–Crippen LogP) is 2.60. The van der Waals surface area contributed by atoms with Crippen LogP contribution >= 0.6 is 11.3 Å². The van der Waals surface area contributed by atoms with E-state index in [1.807, 2.05) is 6.20 Å². The zero-order valence-corrected chi connectivity index (χ0v) is 18.8. The van der Waals surface area contributed by atoms with Crippen LogP contribution in [0.15, 0.2) is 36.8 Å². The van der Waals surface area contributed by atoms with Crippen molar-refractivity contribution >= 4 is 33.8 Å². The van der Waals surface area contributed by atoms with Crippen LogP contribution in [0.3, 0.4) is 0 Å². The Kier molecular flexibility index (Phi) is 6.45. The minimum Gasteiger partial charge on any atom is -0.403 e. The molecule has 2 aromatic heterocycles. The van der Waals surface area contributed by atoms with Gasteiger partial charge in [-0.1, -0.05) is 17.4 Å². The Labute approximate surface area is 193 Å². The number of aryl methyl sites for hydroxylation is 1. The molecule has 0 saturated carbocycles. The lowest BCUT2D eigenvalue weighted by Gasteiger charge is -2.24. The highest BCUT2D eigenvalue weighted by atomic mass is 32.1. The lowest BCUT2D eigenvalue weighted by molar-refractivity contribution is 0.102. The summed E-state index contributed by atoms with van der Waals surface area (Å²) in [6, 6.07) is 3.52. The molecule has 0 unspecified atom stereocenters. The first-order chi connectivity index (χ1) is 15.9. The molecule has 1 aromatic carbocycles. The van der Waals surface area contributed by atoms with E-state index in [1.165, 1.54) is 12.3 Å². The standard InChI is InChI=1S/C21H24F2N8OS/c1-29-21(31-8-3-7-30(9-6-24)10-11-31)15(12-26-29)27-19(32)17-18(25)33-20(28-17)16-13(22)4-2-5-14(16)23/h2,4-6,9,12H,3,7-8,10-11,24-25H2,1H3,(H,27,32). The second kappa shape index (κ2) is 9.45. The number of anilines is 3. The molecule has 1 fully saturated rings. The number of nitrogens with zero attached hydrogens (tertiary/aromatic N) is 5. The van der Waals surface area contributed by atoms with Gasteiger partial charge in [0.15, 0.2) is 11.5 Å². The number of nitrogen functional groups attached to an aromatic ring is 1. The molecule has 33 heavy (non-hydrogen) atoms. The third kappa shape index (κ3) is 4.60. The van der Waals surface area contributed by atoms with Crippen molar-refractivity contribution in [1.82, 2.24) is 19.7 Å². The molecule has 0 aliphatic carbocycles. The lowest BCUT2D eigenvalue weighted by Crippen LogP contribution is -2.31. The first-order valence-electron chi connectivity index (χ1n) is 10.3. The van der Waals surface area contributed by atoms with Crippen molar-refractivity contribution < 1.29 is 13.6 Å². The van der Waals surface area contributed by atoms with E-state index >= 15 is 0 Å². The van der Waals surface area contributed by atoms with Gasteiger partial charge in [-0.25, -0.2) is 13.8 Å². The summed E-state index contributed by atoms with van der Waals surface area (Å²) in [5, 5.41) is 7.15. The first-order valence-corrected chi connectivity index (χ1v) is 11.1. The number of nitrogens with one attached hydrogen (secondary N) is 1. The molecular formula is C21H24F2N8OS. The maximum absolute atomic E-state index is 14.1. The van der Waals surface area contributed by atoms with Crippen LogP contribution in [-0.4, -0.2) is 51.8 Å². The number of amides is 1. The Morgan fingerprint density at radius 1 is 1.21 bits per heavy atom. The van der Waals surface area contributed by atoms with Crippen molar-refractivity contribution in [1.29, 1.82) is 0 Å². The third-order valence-electron chi connectivity index (χ3n) is 5.33. The number of hydrogen-bond acceptors (Lipinski definition) is 8. The van der Waals surface area contributed by atoms with Crippen LogP contribution in [0.2, 0.25) is 0 Å². The van der Waals surface area contributed by atoms with Gasteiger partial charge < -0.3 is 26.6 Å². The fourth-order valence-corrected chi connectivity index (χ4v) is 4.68. The van der Waals surface area contributed by atoms with Crippen LogP contribution in [0.1, 0.15) is 16.9 Å². The maximum atomic E-state index is 14.1. The average molecular weight is 475 g/mol. The van der Waals surface area contributed by atoms with Gasteiger partial charge in [0.05, 0.1) is 11.8 Å². The minimum atomic E-state index is -0.773. The van der Waals surface area contributed by atoms with Crippen molar-refractivity contribution in [2.24, 2.45) is 12.8 Å². The molecule has 1 aliphatic heterocycles. The fourth-order valence-electron chi connectivity index (χ4n) is 3.80. The molecule has 174 valence electrons. The SMILES string of the molecule is Cn1ncc(NC(=O)c2nc(-c3c(F)cccc3F)sc2N)c1N1CCCN(C=CN)CC1. The predicted molar refractivity (Wildman–Crippen MR) is 125 cm³/mol.